The van der Waals surface area contributed by atoms with Crippen LogP contribution in [0.1, 0.15) is 30.9 Å². The van der Waals surface area contributed by atoms with E-state index < -0.39 is 6.10 Å². The molecule has 4 heterocycles. The topological polar surface area (TPSA) is 84.8 Å². The Morgan fingerprint density at radius 1 is 1.09 bits per heavy atom. The van der Waals surface area contributed by atoms with E-state index in [0.717, 1.165) is 57.8 Å². The molecule has 0 saturated carbocycles. The Labute approximate surface area is 189 Å². The molecule has 2 atom stereocenters. The van der Waals surface area contributed by atoms with E-state index >= 15 is 0 Å². The van der Waals surface area contributed by atoms with Gasteiger partial charge in [-0.05, 0) is 36.5 Å². The van der Waals surface area contributed by atoms with Gasteiger partial charge in [-0.15, -0.1) is 0 Å². The average molecular weight is 437 g/mol. The lowest BCUT2D eigenvalue weighted by atomic mass is 9.98. The normalized spacial score (nSPS) is 24.4. The summed E-state index contributed by atoms with van der Waals surface area (Å²) in [7, 11) is 0. The van der Waals surface area contributed by atoms with Gasteiger partial charge in [0.15, 0.2) is 0 Å². The summed E-state index contributed by atoms with van der Waals surface area (Å²) in [5.74, 6) is 1.61. The summed E-state index contributed by atoms with van der Waals surface area (Å²) < 4.78 is 0. The summed E-state index contributed by atoms with van der Waals surface area (Å²) in [6.07, 6.45) is 4.22. The smallest absolute Gasteiger partial charge is 0.227 e. The number of anilines is 2. The molecule has 5 rings (SSSR count). The van der Waals surface area contributed by atoms with E-state index in [0.29, 0.717) is 18.5 Å². The summed E-state index contributed by atoms with van der Waals surface area (Å²) in [5, 5.41) is 14.3. The Morgan fingerprint density at radius 2 is 1.88 bits per heavy atom. The summed E-state index contributed by atoms with van der Waals surface area (Å²) in [6.45, 7) is 6.31. The van der Waals surface area contributed by atoms with Gasteiger partial charge in [0, 0.05) is 58.4 Å². The molecule has 0 spiro atoms. The number of likely N-dealkylation sites (tertiary alicyclic amines) is 1. The highest BCUT2D eigenvalue weighted by Crippen LogP contribution is 2.27. The van der Waals surface area contributed by atoms with Gasteiger partial charge in [-0.1, -0.05) is 24.3 Å². The van der Waals surface area contributed by atoms with Gasteiger partial charge in [-0.25, -0.2) is 4.98 Å². The predicted molar refractivity (Wildman–Crippen MR) is 123 cm³/mol. The minimum atomic E-state index is -0.420. The highest BCUT2D eigenvalue weighted by atomic mass is 16.3. The van der Waals surface area contributed by atoms with Gasteiger partial charge in [0.2, 0.25) is 11.9 Å². The number of amides is 1. The number of benzene rings is 1. The molecule has 8 nitrogen and oxygen atoms in total. The largest absolute Gasteiger partial charge is 0.390 e. The molecule has 2 N–H and O–H groups in total. The highest BCUT2D eigenvalue weighted by Gasteiger charge is 2.37. The van der Waals surface area contributed by atoms with Crippen LogP contribution in [-0.4, -0.2) is 81.7 Å². The van der Waals surface area contributed by atoms with Crippen molar-refractivity contribution in [2.24, 2.45) is 0 Å². The summed E-state index contributed by atoms with van der Waals surface area (Å²) >= 11 is 0. The number of carbonyl (C=O) groups excluding carboxylic acids is 1. The van der Waals surface area contributed by atoms with Crippen LogP contribution in [0.25, 0.3) is 0 Å². The third kappa shape index (κ3) is 4.42. The monoisotopic (exact) mass is 436 g/mol. The van der Waals surface area contributed by atoms with E-state index in [-0.39, 0.29) is 11.9 Å². The van der Waals surface area contributed by atoms with Gasteiger partial charge in [-0.3, -0.25) is 9.69 Å². The van der Waals surface area contributed by atoms with Crippen LogP contribution < -0.4 is 10.2 Å². The van der Waals surface area contributed by atoms with E-state index in [9.17, 15) is 9.90 Å². The molecule has 1 aromatic carbocycles. The lowest BCUT2D eigenvalue weighted by Gasteiger charge is -2.34. The first-order valence-corrected chi connectivity index (χ1v) is 11.7. The second kappa shape index (κ2) is 9.03. The number of hydrogen-bond acceptors (Lipinski definition) is 7. The Bertz CT molecular complexity index is 961. The molecule has 2 saturated heterocycles. The lowest BCUT2D eigenvalue weighted by Crippen LogP contribution is -2.45. The lowest BCUT2D eigenvalue weighted by molar-refractivity contribution is -0.129. The number of piperidine rings is 1. The number of hydrogen-bond donors (Lipinski definition) is 2. The van der Waals surface area contributed by atoms with Crippen LogP contribution in [0.5, 0.6) is 0 Å². The van der Waals surface area contributed by atoms with Crippen molar-refractivity contribution in [2.45, 2.75) is 50.9 Å². The number of aliphatic hydroxyl groups is 1. The summed E-state index contributed by atoms with van der Waals surface area (Å²) in [4.78, 5) is 27.2. The first-order chi connectivity index (χ1) is 15.6. The molecule has 2 fully saturated rings. The van der Waals surface area contributed by atoms with Crippen molar-refractivity contribution in [3.63, 3.8) is 0 Å². The number of β-amino-alcohol motifs (C(OH)–C–C–N with tert-alkyl or cyclic N) is 1. The van der Waals surface area contributed by atoms with Crippen molar-refractivity contribution in [1.29, 1.82) is 0 Å². The van der Waals surface area contributed by atoms with Crippen LogP contribution in [0.15, 0.2) is 36.5 Å². The van der Waals surface area contributed by atoms with E-state index in [1.54, 1.807) is 13.1 Å². The fourth-order valence-corrected chi connectivity index (χ4v) is 5.22. The standard InChI is InChI=1S/C24H32N6O2/c1-17(31)28-12-8-20(9-13-28)26-23-6-10-25-24(27-23)30-15-21(22(32)16-30)29-11-7-18-4-2-3-5-19(18)14-29/h2-6,10,20-22,32H,7-9,11-16H2,1H3,(H,25,26,27)/t21?,22-/m0/s1. The molecular weight excluding hydrogens is 404 g/mol. The van der Waals surface area contributed by atoms with Crippen LogP contribution in [0.3, 0.4) is 0 Å². The number of nitrogens with one attached hydrogen (secondary N) is 1. The molecule has 32 heavy (non-hydrogen) atoms. The minimum absolute atomic E-state index is 0.0829. The van der Waals surface area contributed by atoms with Crippen molar-refractivity contribution in [3.8, 4) is 0 Å². The van der Waals surface area contributed by atoms with Gasteiger partial charge in [0.1, 0.15) is 5.82 Å². The number of aliphatic hydroxyl groups excluding tert-OH is 1. The Morgan fingerprint density at radius 3 is 2.66 bits per heavy atom. The maximum Gasteiger partial charge on any atom is 0.227 e. The average Bonchev–Trinajstić information content (AvgIpc) is 3.21. The zero-order chi connectivity index (χ0) is 22.1. The molecule has 0 aliphatic carbocycles. The van der Waals surface area contributed by atoms with Crippen molar-refractivity contribution in [1.82, 2.24) is 19.8 Å². The molecule has 3 aliphatic rings. The third-order valence-electron chi connectivity index (χ3n) is 7.11. The Kier molecular flexibility index (Phi) is 5.97. The van der Waals surface area contributed by atoms with Crippen LogP contribution in [0.4, 0.5) is 11.8 Å². The maximum atomic E-state index is 11.5. The van der Waals surface area contributed by atoms with Crippen LogP contribution in [0.2, 0.25) is 0 Å². The minimum Gasteiger partial charge on any atom is -0.390 e. The van der Waals surface area contributed by atoms with Crippen molar-refractivity contribution >= 4 is 17.7 Å². The fraction of sp³-hybridized carbons (Fsp3) is 0.542. The molecule has 0 bridgehead atoms. The number of fused-ring (bicyclic) bond motifs is 1. The number of carbonyl (C=O) groups is 1. The SMILES string of the molecule is CC(=O)N1CCC(Nc2ccnc(N3CC(N4CCc5ccccc5C4)[C@@H](O)C3)n2)CC1. The molecule has 2 aromatic rings. The molecule has 3 aliphatic heterocycles. The van der Waals surface area contributed by atoms with Crippen LogP contribution >= 0.6 is 0 Å². The number of rotatable bonds is 4. The fourth-order valence-electron chi connectivity index (χ4n) is 5.22. The predicted octanol–water partition coefficient (Wildman–Crippen LogP) is 1.51. The van der Waals surface area contributed by atoms with Crippen molar-refractivity contribution in [2.75, 3.05) is 42.9 Å². The molecule has 0 radical (unpaired) electrons. The zero-order valence-electron chi connectivity index (χ0n) is 18.7. The van der Waals surface area contributed by atoms with Gasteiger partial charge in [0.25, 0.3) is 0 Å². The molecule has 1 aromatic heterocycles. The van der Waals surface area contributed by atoms with Gasteiger partial charge < -0.3 is 20.2 Å². The van der Waals surface area contributed by atoms with Gasteiger partial charge in [0.05, 0.1) is 12.1 Å². The molecular formula is C24H32N6O2. The quantitative estimate of drug-likeness (QED) is 0.752. The first-order valence-electron chi connectivity index (χ1n) is 11.7. The van der Waals surface area contributed by atoms with Crippen LogP contribution in [-0.2, 0) is 17.8 Å². The second-order valence-electron chi connectivity index (χ2n) is 9.20. The van der Waals surface area contributed by atoms with E-state index in [1.165, 1.54) is 11.1 Å². The second-order valence-corrected chi connectivity index (χ2v) is 9.20. The van der Waals surface area contributed by atoms with Crippen molar-refractivity contribution < 1.29 is 9.90 Å². The summed E-state index contributed by atoms with van der Waals surface area (Å²) in [6, 6.07) is 10.9. The van der Waals surface area contributed by atoms with E-state index in [2.05, 4.69) is 44.4 Å². The molecule has 1 unspecified atom stereocenters. The zero-order valence-corrected chi connectivity index (χ0v) is 18.7. The first kappa shape index (κ1) is 21.2. The van der Waals surface area contributed by atoms with Crippen LogP contribution in [0, 0.1) is 0 Å². The Hall–Kier alpha value is -2.71. The molecule has 8 heteroatoms. The van der Waals surface area contributed by atoms with Gasteiger partial charge in [-0.2, -0.15) is 4.98 Å². The van der Waals surface area contributed by atoms with E-state index in [1.807, 2.05) is 11.0 Å². The number of nitrogens with zero attached hydrogens (tertiary/aromatic N) is 5. The summed E-state index contributed by atoms with van der Waals surface area (Å²) in [5.41, 5.74) is 2.78. The van der Waals surface area contributed by atoms with Gasteiger partial charge >= 0.3 is 0 Å². The third-order valence-corrected chi connectivity index (χ3v) is 7.11. The molecule has 1 amide bonds. The maximum absolute atomic E-state index is 11.5. The van der Waals surface area contributed by atoms with E-state index in [4.69, 9.17) is 4.98 Å². The molecule has 170 valence electrons. The number of aromatic nitrogens is 2. The highest BCUT2D eigenvalue weighted by molar-refractivity contribution is 5.73. The van der Waals surface area contributed by atoms with Crippen molar-refractivity contribution in [3.05, 3.63) is 47.7 Å². The Balaban J connectivity index is 1.21.